The van der Waals surface area contributed by atoms with Crippen LogP contribution in [-0.4, -0.2) is 10.9 Å². The van der Waals surface area contributed by atoms with Crippen LogP contribution >= 0.6 is 0 Å². The predicted octanol–water partition coefficient (Wildman–Crippen LogP) is 2.93. The number of aromatic nitrogens is 1. The molecule has 0 aliphatic rings. The Labute approximate surface area is 125 Å². The van der Waals surface area contributed by atoms with Gasteiger partial charge in [0.25, 0.3) is 0 Å². The standard InChI is InChI=1S/C17H20N2O2/c1-13(2)16(20)19-11-15-9-6-10-18-17(15)21-12-14-7-4-3-5-8-14/h3-10,13H,11-12H2,1-2H3,(H,19,20). The van der Waals surface area contributed by atoms with Gasteiger partial charge < -0.3 is 10.1 Å². The monoisotopic (exact) mass is 284 g/mol. The molecule has 0 spiro atoms. The number of amides is 1. The molecule has 0 fully saturated rings. The van der Waals surface area contributed by atoms with Crippen LogP contribution in [0.2, 0.25) is 0 Å². The Morgan fingerprint density at radius 1 is 1.19 bits per heavy atom. The molecule has 1 amide bonds. The van der Waals surface area contributed by atoms with Crippen molar-refractivity contribution >= 4 is 5.91 Å². The van der Waals surface area contributed by atoms with Crippen molar-refractivity contribution in [3.05, 3.63) is 59.8 Å². The van der Waals surface area contributed by atoms with Crippen LogP contribution in [0.15, 0.2) is 48.7 Å². The summed E-state index contributed by atoms with van der Waals surface area (Å²) < 4.78 is 5.75. The average molecular weight is 284 g/mol. The van der Waals surface area contributed by atoms with Gasteiger partial charge >= 0.3 is 0 Å². The second kappa shape index (κ2) is 7.43. The largest absolute Gasteiger partial charge is 0.473 e. The number of carbonyl (C=O) groups is 1. The van der Waals surface area contributed by atoms with E-state index in [1.165, 1.54) is 0 Å². The number of nitrogens with one attached hydrogen (secondary N) is 1. The maximum absolute atomic E-state index is 11.6. The van der Waals surface area contributed by atoms with Gasteiger partial charge in [-0.05, 0) is 11.6 Å². The van der Waals surface area contributed by atoms with Crippen LogP contribution in [0, 0.1) is 5.92 Å². The highest BCUT2D eigenvalue weighted by Crippen LogP contribution is 2.16. The maximum atomic E-state index is 11.6. The molecule has 0 aliphatic carbocycles. The van der Waals surface area contributed by atoms with Crippen molar-refractivity contribution in [2.75, 3.05) is 0 Å². The van der Waals surface area contributed by atoms with Gasteiger partial charge in [0.1, 0.15) is 6.61 Å². The van der Waals surface area contributed by atoms with Crippen molar-refractivity contribution in [1.82, 2.24) is 10.3 Å². The Kier molecular flexibility index (Phi) is 5.32. The Bertz CT molecular complexity index is 582. The average Bonchev–Trinajstić information content (AvgIpc) is 2.52. The number of hydrogen-bond donors (Lipinski definition) is 1. The number of carbonyl (C=O) groups excluding carboxylic acids is 1. The Morgan fingerprint density at radius 2 is 1.95 bits per heavy atom. The van der Waals surface area contributed by atoms with Crippen molar-refractivity contribution in [1.29, 1.82) is 0 Å². The molecule has 1 aromatic heterocycles. The molecule has 0 radical (unpaired) electrons. The molecule has 21 heavy (non-hydrogen) atoms. The molecule has 1 aromatic carbocycles. The Hall–Kier alpha value is -2.36. The van der Waals surface area contributed by atoms with Gasteiger partial charge in [-0.3, -0.25) is 4.79 Å². The first-order chi connectivity index (χ1) is 10.2. The third-order valence-electron chi connectivity index (χ3n) is 3.05. The van der Waals surface area contributed by atoms with E-state index in [2.05, 4.69) is 10.3 Å². The summed E-state index contributed by atoms with van der Waals surface area (Å²) in [5.74, 6) is 0.550. The highest BCUT2D eigenvalue weighted by atomic mass is 16.5. The van der Waals surface area contributed by atoms with Gasteiger partial charge in [0, 0.05) is 24.2 Å². The molecule has 4 heteroatoms. The highest BCUT2D eigenvalue weighted by molar-refractivity contribution is 5.77. The second-order valence-corrected chi connectivity index (χ2v) is 5.11. The first kappa shape index (κ1) is 15.0. The third-order valence-corrected chi connectivity index (χ3v) is 3.05. The number of hydrogen-bond acceptors (Lipinski definition) is 3. The van der Waals surface area contributed by atoms with E-state index in [1.807, 2.05) is 56.3 Å². The first-order valence-electron chi connectivity index (χ1n) is 7.05. The van der Waals surface area contributed by atoms with Gasteiger partial charge in [-0.15, -0.1) is 0 Å². The minimum absolute atomic E-state index is 0.0212. The lowest BCUT2D eigenvalue weighted by atomic mass is 10.2. The predicted molar refractivity (Wildman–Crippen MR) is 81.7 cm³/mol. The molecule has 0 bridgehead atoms. The van der Waals surface area contributed by atoms with E-state index in [9.17, 15) is 4.79 Å². The van der Waals surface area contributed by atoms with Crippen molar-refractivity contribution < 1.29 is 9.53 Å². The fourth-order valence-electron chi connectivity index (χ4n) is 1.80. The number of pyridine rings is 1. The first-order valence-corrected chi connectivity index (χ1v) is 7.05. The summed E-state index contributed by atoms with van der Waals surface area (Å²) in [6.45, 7) is 4.62. The molecule has 2 rings (SSSR count). The molecule has 0 saturated carbocycles. The van der Waals surface area contributed by atoms with Gasteiger partial charge in [-0.1, -0.05) is 50.2 Å². The van der Waals surface area contributed by atoms with Crippen molar-refractivity contribution in [3.8, 4) is 5.88 Å². The summed E-state index contributed by atoms with van der Waals surface area (Å²) in [6, 6.07) is 13.7. The van der Waals surface area contributed by atoms with E-state index in [4.69, 9.17) is 4.74 Å². The minimum atomic E-state index is -0.0321. The van der Waals surface area contributed by atoms with Crippen molar-refractivity contribution in [2.45, 2.75) is 27.0 Å². The number of nitrogens with zero attached hydrogens (tertiary/aromatic N) is 1. The van der Waals surface area contributed by atoms with E-state index in [-0.39, 0.29) is 11.8 Å². The summed E-state index contributed by atoms with van der Waals surface area (Å²) in [5, 5.41) is 2.88. The molecule has 110 valence electrons. The molecule has 1 N–H and O–H groups in total. The number of ether oxygens (including phenoxy) is 1. The molecule has 0 aliphatic heterocycles. The summed E-state index contributed by atoms with van der Waals surface area (Å²) in [7, 11) is 0. The molecular formula is C17H20N2O2. The van der Waals surface area contributed by atoms with E-state index in [0.717, 1.165) is 11.1 Å². The van der Waals surface area contributed by atoms with Gasteiger partial charge in [0.05, 0.1) is 0 Å². The highest BCUT2D eigenvalue weighted by Gasteiger charge is 2.09. The van der Waals surface area contributed by atoms with E-state index in [1.54, 1.807) is 6.20 Å². The van der Waals surface area contributed by atoms with Crippen LogP contribution < -0.4 is 10.1 Å². The molecule has 0 atom stereocenters. The molecule has 2 aromatic rings. The number of benzene rings is 1. The molecular weight excluding hydrogens is 264 g/mol. The lowest BCUT2D eigenvalue weighted by molar-refractivity contribution is -0.124. The van der Waals surface area contributed by atoms with E-state index >= 15 is 0 Å². The fourth-order valence-corrected chi connectivity index (χ4v) is 1.80. The van der Waals surface area contributed by atoms with E-state index < -0.39 is 0 Å². The zero-order valence-corrected chi connectivity index (χ0v) is 12.4. The summed E-state index contributed by atoms with van der Waals surface area (Å²) in [6.07, 6.45) is 1.69. The fraction of sp³-hybridized carbons (Fsp3) is 0.294. The third kappa shape index (κ3) is 4.60. The van der Waals surface area contributed by atoms with E-state index in [0.29, 0.717) is 19.0 Å². The smallest absolute Gasteiger partial charge is 0.222 e. The quantitative estimate of drug-likeness (QED) is 0.887. The lowest BCUT2D eigenvalue weighted by Gasteiger charge is -2.12. The van der Waals surface area contributed by atoms with Crippen LogP contribution in [0.1, 0.15) is 25.0 Å². The minimum Gasteiger partial charge on any atom is -0.473 e. The Balaban J connectivity index is 1.98. The van der Waals surface area contributed by atoms with Crippen molar-refractivity contribution in [3.63, 3.8) is 0 Å². The van der Waals surface area contributed by atoms with Gasteiger partial charge in [-0.25, -0.2) is 4.98 Å². The van der Waals surface area contributed by atoms with Crippen LogP contribution in [0.5, 0.6) is 5.88 Å². The van der Waals surface area contributed by atoms with Crippen LogP contribution in [-0.2, 0) is 17.9 Å². The zero-order chi connectivity index (χ0) is 15.1. The van der Waals surface area contributed by atoms with Gasteiger partial charge in [0.2, 0.25) is 11.8 Å². The van der Waals surface area contributed by atoms with Gasteiger partial charge in [-0.2, -0.15) is 0 Å². The second-order valence-electron chi connectivity index (χ2n) is 5.11. The molecule has 4 nitrogen and oxygen atoms in total. The topological polar surface area (TPSA) is 51.2 Å². The van der Waals surface area contributed by atoms with Crippen molar-refractivity contribution in [2.24, 2.45) is 5.92 Å². The summed E-state index contributed by atoms with van der Waals surface area (Å²) >= 11 is 0. The number of rotatable bonds is 6. The van der Waals surface area contributed by atoms with Crippen LogP contribution in [0.25, 0.3) is 0 Å². The SMILES string of the molecule is CC(C)C(=O)NCc1cccnc1OCc1ccccc1. The van der Waals surface area contributed by atoms with Crippen LogP contribution in [0.4, 0.5) is 0 Å². The van der Waals surface area contributed by atoms with Gasteiger partial charge in [0.15, 0.2) is 0 Å². The molecule has 1 heterocycles. The summed E-state index contributed by atoms with van der Waals surface area (Å²) in [5.41, 5.74) is 1.96. The zero-order valence-electron chi connectivity index (χ0n) is 12.4. The molecule has 0 saturated heterocycles. The molecule has 0 unspecified atom stereocenters. The lowest BCUT2D eigenvalue weighted by Crippen LogP contribution is -2.27. The summed E-state index contributed by atoms with van der Waals surface area (Å²) in [4.78, 5) is 15.9. The van der Waals surface area contributed by atoms with Crippen LogP contribution in [0.3, 0.4) is 0 Å². The normalized spacial score (nSPS) is 10.4. The maximum Gasteiger partial charge on any atom is 0.222 e. The Morgan fingerprint density at radius 3 is 2.67 bits per heavy atom.